The first-order valence-corrected chi connectivity index (χ1v) is 6.74. The molecule has 0 radical (unpaired) electrons. The number of piperazine rings is 1. The van der Waals surface area contributed by atoms with Gasteiger partial charge in [0.2, 0.25) is 0 Å². The molecule has 0 bridgehead atoms. The summed E-state index contributed by atoms with van der Waals surface area (Å²) < 4.78 is 27.9. The first kappa shape index (κ1) is 13.2. The maximum Gasteiger partial charge on any atom is 0.143 e. The standard InChI is InChI=1S/C12H15F2IN2/c1-8-6-17(5-4-16-8)7-9-10(13)2-3-11(15)12(9)14/h2-3,8,16H,4-7H2,1H3/t8-/m0/s1. The average molecular weight is 352 g/mol. The fraction of sp³-hybridized carbons (Fsp3) is 0.500. The molecule has 0 unspecified atom stereocenters. The van der Waals surface area contributed by atoms with Crippen LogP contribution in [0.4, 0.5) is 8.78 Å². The minimum Gasteiger partial charge on any atom is -0.312 e. The van der Waals surface area contributed by atoms with Crippen LogP contribution in [-0.4, -0.2) is 30.6 Å². The van der Waals surface area contributed by atoms with Crippen LogP contribution in [0.2, 0.25) is 0 Å². The normalized spacial score (nSPS) is 21.8. The molecule has 1 atom stereocenters. The lowest BCUT2D eigenvalue weighted by atomic mass is 10.1. The van der Waals surface area contributed by atoms with Crippen molar-refractivity contribution in [2.45, 2.75) is 19.5 Å². The Kier molecular flexibility index (Phi) is 4.32. The Bertz CT molecular complexity index is 412. The molecule has 17 heavy (non-hydrogen) atoms. The number of hydrogen-bond acceptors (Lipinski definition) is 2. The van der Waals surface area contributed by atoms with Gasteiger partial charge in [-0.05, 0) is 41.6 Å². The van der Waals surface area contributed by atoms with Gasteiger partial charge in [0.25, 0.3) is 0 Å². The molecule has 94 valence electrons. The number of halogens is 3. The Balaban J connectivity index is 2.15. The van der Waals surface area contributed by atoms with Crippen molar-refractivity contribution >= 4 is 22.6 Å². The third-order valence-corrected chi connectivity index (χ3v) is 3.81. The van der Waals surface area contributed by atoms with E-state index in [0.717, 1.165) is 19.6 Å². The molecule has 1 aromatic rings. The molecule has 1 aliphatic heterocycles. The van der Waals surface area contributed by atoms with Gasteiger partial charge < -0.3 is 5.32 Å². The SMILES string of the molecule is C[C@H]1CN(Cc2c(F)ccc(I)c2F)CCN1. The lowest BCUT2D eigenvalue weighted by Crippen LogP contribution is -2.48. The average Bonchev–Trinajstić information content (AvgIpc) is 2.30. The third-order valence-electron chi connectivity index (χ3n) is 2.97. The lowest BCUT2D eigenvalue weighted by Gasteiger charge is -2.32. The van der Waals surface area contributed by atoms with Crippen LogP contribution >= 0.6 is 22.6 Å². The fourth-order valence-corrected chi connectivity index (χ4v) is 2.60. The quantitative estimate of drug-likeness (QED) is 0.650. The Labute approximate surface area is 114 Å². The van der Waals surface area contributed by atoms with Gasteiger partial charge in [-0.25, -0.2) is 8.78 Å². The second-order valence-electron chi connectivity index (χ2n) is 4.41. The smallest absolute Gasteiger partial charge is 0.143 e. The maximum absolute atomic E-state index is 13.8. The Morgan fingerprint density at radius 1 is 1.47 bits per heavy atom. The van der Waals surface area contributed by atoms with E-state index in [1.54, 1.807) is 0 Å². The molecule has 1 aliphatic rings. The number of benzene rings is 1. The zero-order valence-electron chi connectivity index (χ0n) is 9.64. The summed E-state index contributed by atoms with van der Waals surface area (Å²) in [5, 5.41) is 3.31. The van der Waals surface area contributed by atoms with Crippen molar-refractivity contribution in [1.82, 2.24) is 10.2 Å². The van der Waals surface area contributed by atoms with Gasteiger partial charge in [-0.2, -0.15) is 0 Å². The number of hydrogen-bond donors (Lipinski definition) is 1. The number of rotatable bonds is 2. The van der Waals surface area contributed by atoms with E-state index in [1.165, 1.54) is 12.1 Å². The summed E-state index contributed by atoms with van der Waals surface area (Å²) >= 11 is 1.89. The highest BCUT2D eigenvalue weighted by Gasteiger charge is 2.20. The minimum absolute atomic E-state index is 0.186. The van der Waals surface area contributed by atoms with E-state index in [-0.39, 0.29) is 5.56 Å². The lowest BCUT2D eigenvalue weighted by molar-refractivity contribution is 0.195. The molecule has 1 saturated heterocycles. The van der Waals surface area contributed by atoms with Crippen molar-refractivity contribution < 1.29 is 8.78 Å². The van der Waals surface area contributed by atoms with Crippen molar-refractivity contribution in [1.29, 1.82) is 0 Å². The van der Waals surface area contributed by atoms with E-state index in [1.807, 2.05) is 22.6 Å². The molecule has 1 fully saturated rings. The molecule has 1 aromatic carbocycles. The molecule has 5 heteroatoms. The van der Waals surface area contributed by atoms with E-state index in [2.05, 4.69) is 17.1 Å². The maximum atomic E-state index is 13.8. The Morgan fingerprint density at radius 3 is 2.94 bits per heavy atom. The molecule has 0 amide bonds. The predicted octanol–water partition coefficient (Wildman–Crippen LogP) is 2.36. The summed E-state index contributed by atoms with van der Waals surface area (Å²) in [6.07, 6.45) is 0. The Hall–Kier alpha value is -0.270. The summed E-state index contributed by atoms with van der Waals surface area (Å²) in [5.41, 5.74) is 0.186. The fourth-order valence-electron chi connectivity index (χ4n) is 2.09. The molecule has 2 rings (SSSR count). The van der Waals surface area contributed by atoms with Gasteiger partial charge in [-0.15, -0.1) is 0 Å². The molecule has 0 aliphatic carbocycles. The van der Waals surface area contributed by atoms with Gasteiger partial charge in [-0.3, -0.25) is 4.90 Å². The van der Waals surface area contributed by atoms with Crippen LogP contribution in [-0.2, 0) is 6.54 Å². The molecule has 0 spiro atoms. The highest BCUT2D eigenvalue weighted by molar-refractivity contribution is 14.1. The summed E-state index contributed by atoms with van der Waals surface area (Å²) in [6, 6.07) is 3.18. The second-order valence-corrected chi connectivity index (χ2v) is 5.57. The van der Waals surface area contributed by atoms with E-state index in [0.29, 0.717) is 16.2 Å². The predicted molar refractivity (Wildman–Crippen MR) is 71.8 cm³/mol. The zero-order valence-corrected chi connectivity index (χ0v) is 11.8. The van der Waals surface area contributed by atoms with Crippen LogP contribution in [0.1, 0.15) is 12.5 Å². The van der Waals surface area contributed by atoms with E-state index >= 15 is 0 Å². The van der Waals surface area contributed by atoms with Crippen LogP contribution < -0.4 is 5.32 Å². The van der Waals surface area contributed by atoms with Crippen molar-refractivity contribution in [2.24, 2.45) is 0 Å². The first-order valence-electron chi connectivity index (χ1n) is 5.66. The summed E-state index contributed by atoms with van der Waals surface area (Å²) in [6.45, 7) is 4.95. The van der Waals surface area contributed by atoms with Crippen LogP contribution in [0.5, 0.6) is 0 Å². The molecular formula is C12H15F2IN2. The zero-order chi connectivity index (χ0) is 12.4. The summed E-state index contributed by atoms with van der Waals surface area (Å²) in [4.78, 5) is 2.08. The van der Waals surface area contributed by atoms with Gasteiger partial charge in [0.05, 0.1) is 0 Å². The van der Waals surface area contributed by atoms with E-state index in [4.69, 9.17) is 0 Å². The largest absolute Gasteiger partial charge is 0.312 e. The monoisotopic (exact) mass is 352 g/mol. The van der Waals surface area contributed by atoms with Crippen LogP contribution in [0.15, 0.2) is 12.1 Å². The number of nitrogens with zero attached hydrogens (tertiary/aromatic N) is 1. The highest BCUT2D eigenvalue weighted by Crippen LogP contribution is 2.20. The van der Waals surface area contributed by atoms with Gasteiger partial charge in [0, 0.05) is 41.4 Å². The van der Waals surface area contributed by atoms with Gasteiger partial charge in [0.1, 0.15) is 11.6 Å². The molecule has 1 heterocycles. The molecule has 0 aromatic heterocycles. The van der Waals surface area contributed by atoms with Crippen LogP contribution in [0, 0.1) is 15.2 Å². The van der Waals surface area contributed by atoms with Crippen LogP contribution in [0.25, 0.3) is 0 Å². The van der Waals surface area contributed by atoms with Crippen molar-refractivity contribution in [2.75, 3.05) is 19.6 Å². The Morgan fingerprint density at radius 2 is 2.24 bits per heavy atom. The van der Waals surface area contributed by atoms with Crippen LogP contribution in [0.3, 0.4) is 0 Å². The van der Waals surface area contributed by atoms with Gasteiger partial charge in [-0.1, -0.05) is 0 Å². The first-order chi connectivity index (χ1) is 8.08. The topological polar surface area (TPSA) is 15.3 Å². The van der Waals surface area contributed by atoms with Crippen molar-refractivity contribution in [3.8, 4) is 0 Å². The van der Waals surface area contributed by atoms with Crippen molar-refractivity contribution in [3.05, 3.63) is 32.9 Å². The van der Waals surface area contributed by atoms with E-state index < -0.39 is 11.6 Å². The number of nitrogens with one attached hydrogen (secondary N) is 1. The van der Waals surface area contributed by atoms with Gasteiger partial charge in [0.15, 0.2) is 0 Å². The molecular weight excluding hydrogens is 337 g/mol. The second kappa shape index (κ2) is 5.58. The molecule has 1 N–H and O–H groups in total. The van der Waals surface area contributed by atoms with Gasteiger partial charge >= 0.3 is 0 Å². The minimum atomic E-state index is -0.450. The molecule has 2 nitrogen and oxygen atoms in total. The summed E-state index contributed by atoms with van der Waals surface area (Å²) in [7, 11) is 0. The van der Waals surface area contributed by atoms with Crippen molar-refractivity contribution in [3.63, 3.8) is 0 Å². The summed E-state index contributed by atoms with van der Waals surface area (Å²) in [5.74, 6) is -0.870. The molecule has 0 saturated carbocycles. The van der Waals surface area contributed by atoms with E-state index in [9.17, 15) is 8.78 Å². The highest BCUT2D eigenvalue weighted by atomic mass is 127. The third kappa shape index (κ3) is 3.14.